The quantitative estimate of drug-likeness (QED) is 0.932. The molecule has 1 aromatic carbocycles. The highest BCUT2D eigenvalue weighted by Gasteiger charge is 2.09. The molecule has 0 unspecified atom stereocenters. The van der Waals surface area contributed by atoms with E-state index in [4.69, 9.17) is 16.3 Å². The number of rotatable bonds is 3. The van der Waals surface area contributed by atoms with Gasteiger partial charge >= 0.3 is 0 Å². The summed E-state index contributed by atoms with van der Waals surface area (Å²) < 4.78 is 5.16. The van der Waals surface area contributed by atoms with Gasteiger partial charge in [0.2, 0.25) is 0 Å². The predicted molar refractivity (Wildman–Crippen MR) is 79.2 cm³/mol. The maximum atomic E-state index is 12.5. The van der Waals surface area contributed by atoms with Crippen LogP contribution < -0.4 is 10.2 Å². The van der Waals surface area contributed by atoms with Crippen molar-refractivity contribution in [3.8, 4) is 5.75 Å². The van der Waals surface area contributed by atoms with Crippen LogP contribution >= 0.6 is 11.6 Å². The van der Waals surface area contributed by atoms with E-state index in [1.165, 1.54) is 0 Å². The third kappa shape index (κ3) is 2.82. The van der Waals surface area contributed by atoms with Gasteiger partial charge in [-0.2, -0.15) is 0 Å². The Morgan fingerprint density at radius 1 is 1.47 bits per heavy atom. The first-order valence-electron chi connectivity index (χ1n) is 6.04. The molecule has 1 aromatic heterocycles. The van der Waals surface area contributed by atoms with Gasteiger partial charge in [0.15, 0.2) is 5.43 Å². The van der Waals surface area contributed by atoms with E-state index < -0.39 is 0 Å². The summed E-state index contributed by atoms with van der Waals surface area (Å²) in [5, 5.41) is 1.32. The van der Waals surface area contributed by atoms with Crippen LogP contribution in [0.25, 0.3) is 10.9 Å². The predicted octanol–water partition coefficient (Wildman–Crippen LogP) is 3.53. The third-order valence-electron chi connectivity index (χ3n) is 3.11. The Bertz CT molecular complexity index is 697. The lowest BCUT2D eigenvalue weighted by Gasteiger charge is -2.08. The van der Waals surface area contributed by atoms with Crippen LogP contribution in [0.5, 0.6) is 5.75 Å². The first-order chi connectivity index (χ1) is 9.02. The van der Waals surface area contributed by atoms with E-state index in [9.17, 15) is 4.79 Å². The van der Waals surface area contributed by atoms with Crippen molar-refractivity contribution in [3.05, 3.63) is 50.8 Å². The molecule has 0 aliphatic carbocycles. The number of hydrogen-bond acceptors (Lipinski definition) is 2. The maximum absolute atomic E-state index is 12.5. The number of H-pyrrole nitrogens is 1. The average Bonchev–Trinajstić information content (AvgIpc) is 2.38. The standard InChI is InChI=1S/C15H16ClNO2/c1-9(16)4-6-12-10(2)17-14-7-5-11(19-3)8-13(14)15(12)18/h4-5,7-8H,6H2,1-3H3,(H,17,18). The van der Waals surface area contributed by atoms with E-state index in [1.807, 2.05) is 25.1 Å². The van der Waals surface area contributed by atoms with Crippen molar-refractivity contribution in [1.82, 2.24) is 4.98 Å². The normalized spacial score (nSPS) is 11.9. The second-order valence-electron chi connectivity index (χ2n) is 4.46. The zero-order valence-electron chi connectivity index (χ0n) is 11.2. The van der Waals surface area contributed by atoms with Crippen LogP contribution in [0.4, 0.5) is 0 Å². The van der Waals surface area contributed by atoms with Gasteiger partial charge in [0.25, 0.3) is 0 Å². The summed E-state index contributed by atoms with van der Waals surface area (Å²) in [7, 11) is 1.59. The van der Waals surface area contributed by atoms with Gasteiger partial charge in [-0.1, -0.05) is 17.7 Å². The summed E-state index contributed by atoms with van der Waals surface area (Å²) in [6.07, 6.45) is 2.37. The molecule has 0 aliphatic rings. The van der Waals surface area contributed by atoms with Crippen molar-refractivity contribution >= 4 is 22.5 Å². The summed E-state index contributed by atoms with van der Waals surface area (Å²) in [6, 6.07) is 5.45. The van der Waals surface area contributed by atoms with Gasteiger partial charge in [-0.15, -0.1) is 0 Å². The van der Waals surface area contributed by atoms with Crippen LogP contribution in [0.2, 0.25) is 0 Å². The second kappa shape index (κ2) is 5.49. The lowest BCUT2D eigenvalue weighted by Crippen LogP contribution is -2.12. The van der Waals surface area contributed by atoms with Crippen molar-refractivity contribution in [2.45, 2.75) is 20.3 Å². The highest BCUT2D eigenvalue weighted by Crippen LogP contribution is 2.18. The highest BCUT2D eigenvalue weighted by molar-refractivity contribution is 6.29. The SMILES string of the molecule is COc1ccc2[nH]c(C)c(CC=C(C)Cl)c(=O)c2c1. The number of ether oxygens (including phenoxy) is 1. The number of aromatic amines is 1. The van der Waals surface area contributed by atoms with Crippen molar-refractivity contribution in [2.75, 3.05) is 7.11 Å². The maximum Gasteiger partial charge on any atom is 0.193 e. The second-order valence-corrected chi connectivity index (χ2v) is 5.06. The number of allylic oxidation sites excluding steroid dienone is 2. The largest absolute Gasteiger partial charge is 0.497 e. The topological polar surface area (TPSA) is 42.1 Å². The van der Waals surface area contributed by atoms with E-state index in [0.29, 0.717) is 22.6 Å². The number of pyridine rings is 1. The van der Waals surface area contributed by atoms with Gasteiger partial charge in [-0.25, -0.2) is 0 Å². The smallest absolute Gasteiger partial charge is 0.193 e. The molecule has 4 heteroatoms. The molecule has 2 aromatic rings. The molecule has 0 saturated carbocycles. The van der Waals surface area contributed by atoms with E-state index in [1.54, 1.807) is 20.1 Å². The molecule has 100 valence electrons. The fourth-order valence-electron chi connectivity index (χ4n) is 2.05. The van der Waals surface area contributed by atoms with Gasteiger partial charge in [0.05, 0.1) is 7.11 Å². The molecule has 0 amide bonds. The van der Waals surface area contributed by atoms with E-state index in [-0.39, 0.29) is 5.43 Å². The molecule has 0 bridgehead atoms. The minimum absolute atomic E-state index is 0.0271. The Morgan fingerprint density at radius 2 is 2.21 bits per heavy atom. The molecule has 0 fully saturated rings. The zero-order chi connectivity index (χ0) is 14.0. The molecule has 0 aliphatic heterocycles. The fourth-order valence-corrected chi connectivity index (χ4v) is 2.12. The molecular weight excluding hydrogens is 262 g/mol. The molecule has 2 rings (SSSR count). The van der Waals surface area contributed by atoms with Crippen molar-refractivity contribution in [1.29, 1.82) is 0 Å². The summed E-state index contributed by atoms with van der Waals surface area (Å²) in [6.45, 7) is 3.70. The van der Waals surface area contributed by atoms with Crippen molar-refractivity contribution in [2.24, 2.45) is 0 Å². The minimum atomic E-state index is 0.0271. The first kappa shape index (κ1) is 13.7. The lowest BCUT2D eigenvalue weighted by molar-refractivity contribution is 0.415. The fraction of sp³-hybridized carbons (Fsp3) is 0.267. The third-order valence-corrected chi connectivity index (χ3v) is 3.26. The van der Waals surface area contributed by atoms with Crippen molar-refractivity contribution in [3.63, 3.8) is 0 Å². The van der Waals surface area contributed by atoms with E-state index >= 15 is 0 Å². The van der Waals surface area contributed by atoms with E-state index in [2.05, 4.69) is 4.98 Å². The van der Waals surface area contributed by atoms with Crippen LogP contribution in [0.1, 0.15) is 18.2 Å². The van der Waals surface area contributed by atoms with Gasteiger partial charge in [-0.3, -0.25) is 4.79 Å². The van der Waals surface area contributed by atoms with Gasteiger partial charge in [-0.05, 0) is 38.5 Å². The highest BCUT2D eigenvalue weighted by atomic mass is 35.5. The number of nitrogens with one attached hydrogen (secondary N) is 1. The Kier molecular flexibility index (Phi) is 3.96. The van der Waals surface area contributed by atoms with Crippen LogP contribution in [-0.4, -0.2) is 12.1 Å². The minimum Gasteiger partial charge on any atom is -0.497 e. The number of aryl methyl sites for hydroxylation is 1. The first-order valence-corrected chi connectivity index (χ1v) is 6.42. The zero-order valence-corrected chi connectivity index (χ0v) is 12.0. The number of methoxy groups -OCH3 is 1. The monoisotopic (exact) mass is 277 g/mol. The molecule has 19 heavy (non-hydrogen) atoms. The molecule has 3 nitrogen and oxygen atoms in total. The lowest BCUT2D eigenvalue weighted by atomic mass is 10.1. The molecular formula is C15H16ClNO2. The summed E-state index contributed by atoms with van der Waals surface area (Å²) in [5.41, 5.74) is 2.45. The number of benzene rings is 1. The van der Waals surface area contributed by atoms with Gasteiger partial charge in [0, 0.05) is 27.2 Å². The molecule has 0 atom stereocenters. The summed E-state index contributed by atoms with van der Waals surface area (Å²) in [5.74, 6) is 0.678. The van der Waals surface area contributed by atoms with Gasteiger partial charge in [0.1, 0.15) is 5.75 Å². The number of hydrogen-bond donors (Lipinski definition) is 1. The Labute approximate surface area is 116 Å². The molecule has 0 radical (unpaired) electrons. The molecule has 1 N–H and O–H groups in total. The van der Waals surface area contributed by atoms with Gasteiger partial charge < -0.3 is 9.72 Å². The summed E-state index contributed by atoms with van der Waals surface area (Å²) in [4.78, 5) is 15.7. The number of halogens is 1. The van der Waals surface area contributed by atoms with E-state index in [0.717, 1.165) is 16.8 Å². The number of fused-ring (bicyclic) bond motifs is 1. The van der Waals surface area contributed by atoms with Crippen molar-refractivity contribution < 1.29 is 4.74 Å². The Morgan fingerprint density at radius 3 is 2.84 bits per heavy atom. The molecule has 0 saturated heterocycles. The van der Waals surface area contributed by atoms with Crippen LogP contribution in [0, 0.1) is 6.92 Å². The Hall–Kier alpha value is -1.74. The Balaban J connectivity index is 2.65. The summed E-state index contributed by atoms with van der Waals surface area (Å²) >= 11 is 5.83. The average molecular weight is 278 g/mol. The molecule has 0 spiro atoms. The van der Waals surface area contributed by atoms with Crippen LogP contribution in [0.15, 0.2) is 34.1 Å². The van der Waals surface area contributed by atoms with Crippen LogP contribution in [-0.2, 0) is 6.42 Å². The molecule has 1 heterocycles. The number of aromatic nitrogens is 1. The van der Waals surface area contributed by atoms with Crippen LogP contribution in [0.3, 0.4) is 0 Å².